The van der Waals surface area contributed by atoms with Crippen molar-refractivity contribution in [3.8, 4) is 35.0 Å². The van der Waals surface area contributed by atoms with E-state index >= 15 is 0 Å². The molecule has 4 aromatic rings. The van der Waals surface area contributed by atoms with Crippen molar-refractivity contribution in [2.75, 3.05) is 45.2 Å². The maximum absolute atomic E-state index is 12.2. The van der Waals surface area contributed by atoms with E-state index in [0.717, 1.165) is 48.1 Å². The van der Waals surface area contributed by atoms with Crippen LogP contribution in [-0.2, 0) is 11.8 Å². The first-order valence-electron chi connectivity index (χ1n) is 12.8. The Kier molecular flexibility index (Phi) is 7.89. The second-order valence-electron chi connectivity index (χ2n) is 9.41. The van der Waals surface area contributed by atoms with E-state index in [9.17, 15) is 4.79 Å². The second-order valence-corrected chi connectivity index (χ2v) is 9.41. The van der Waals surface area contributed by atoms with Crippen molar-refractivity contribution >= 4 is 28.4 Å². The van der Waals surface area contributed by atoms with Gasteiger partial charge < -0.3 is 20.1 Å². The zero-order chi connectivity index (χ0) is 27.2. The zero-order valence-corrected chi connectivity index (χ0v) is 22.1. The first kappa shape index (κ1) is 26.0. The Hall–Kier alpha value is -4.62. The number of anilines is 2. The molecule has 1 fully saturated rings. The van der Waals surface area contributed by atoms with Crippen LogP contribution in [0.25, 0.3) is 22.0 Å². The predicted molar refractivity (Wildman–Crippen MR) is 150 cm³/mol. The monoisotopic (exact) mass is 525 g/mol. The van der Waals surface area contributed by atoms with Crippen LogP contribution in [-0.4, -0.2) is 70.5 Å². The molecule has 1 amide bonds. The highest BCUT2D eigenvalue weighted by atomic mass is 16.5. The van der Waals surface area contributed by atoms with Gasteiger partial charge in [-0.1, -0.05) is 5.92 Å². The number of terminal acetylenes is 1. The molecule has 200 valence electrons. The highest BCUT2D eigenvalue weighted by Gasteiger charge is 2.15. The number of nitrogens with one attached hydrogen (secondary N) is 2. The number of ether oxygens (including phenoxy) is 2. The van der Waals surface area contributed by atoms with Crippen molar-refractivity contribution in [2.24, 2.45) is 7.05 Å². The maximum atomic E-state index is 12.2. The molecule has 2 aromatic carbocycles. The number of hydrogen-bond acceptors (Lipinski definition) is 8. The topological polar surface area (TPSA) is 106 Å². The van der Waals surface area contributed by atoms with E-state index in [1.807, 2.05) is 37.5 Å². The maximum Gasteiger partial charge on any atom is 0.234 e. The van der Waals surface area contributed by atoms with Crippen molar-refractivity contribution in [3.63, 3.8) is 0 Å². The summed E-state index contributed by atoms with van der Waals surface area (Å²) in [7, 11) is 3.45. The fourth-order valence-electron chi connectivity index (χ4n) is 4.59. The summed E-state index contributed by atoms with van der Waals surface area (Å²) < 4.78 is 13.3. The number of hydrogen-bond donors (Lipinski definition) is 2. The van der Waals surface area contributed by atoms with E-state index in [1.54, 1.807) is 30.3 Å². The summed E-state index contributed by atoms with van der Waals surface area (Å²) in [5, 5.41) is 11.3. The molecule has 0 radical (unpaired) electrons. The van der Waals surface area contributed by atoms with Crippen LogP contribution in [0.1, 0.15) is 18.4 Å². The standard InChI is InChI=1S/C29H31N7O3/c1-4-20-11-22-16-31-29(34-28(22)26(12-20)38-3)33-24-13-21(23-17-32-35(2)18-23)14-25(15-24)39-10-7-30-27(37)19-36-8-5-6-9-36/h1,11-18H,5-10,19H2,2-3H3,(H,30,37)(H,31,33,34). The van der Waals surface area contributed by atoms with E-state index in [4.69, 9.17) is 15.9 Å². The fourth-order valence-corrected chi connectivity index (χ4v) is 4.59. The molecule has 3 heterocycles. The van der Waals surface area contributed by atoms with Gasteiger partial charge in [0.2, 0.25) is 11.9 Å². The minimum Gasteiger partial charge on any atom is -0.494 e. The Morgan fingerprint density at radius 1 is 1.13 bits per heavy atom. The van der Waals surface area contributed by atoms with Gasteiger partial charge >= 0.3 is 0 Å². The van der Waals surface area contributed by atoms with E-state index in [-0.39, 0.29) is 5.91 Å². The van der Waals surface area contributed by atoms with Crippen LogP contribution >= 0.6 is 0 Å². The van der Waals surface area contributed by atoms with Gasteiger partial charge in [0, 0.05) is 47.7 Å². The van der Waals surface area contributed by atoms with E-state index < -0.39 is 0 Å². The number of benzene rings is 2. The molecule has 1 aliphatic heterocycles. The second kappa shape index (κ2) is 11.8. The molecule has 2 N–H and O–H groups in total. The van der Waals surface area contributed by atoms with E-state index in [0.29, 0.717) is 48.2 Å². The number of methoxy groups -OCH3 is 1. The van der Waals surface area contributed by atoms with Gasteiger partial charge in [0.15, 0.2) is 0 Å². The molecule has 5 rings (SSSR count). The van der Waals surface area contributed by atoms with Gasteiger partial charge in [0.1, 0.15) is 23.6 Å². The summed E-state index contributed by atoms with van der Waals surface area (Å²) in [6.45, 7) is 3.16. The molecule has 0 bridgehead atoms. The van der Waals surface area contributed by atoms with Gasteiger partial charge in [-0.25, -0.2) is 9.97 Å². The van der Waals surface area contributed by atoms with Crippen LogP contribution < -0.4 is 20.1 Å². The largest absolute Gasteiger partial charge is 0.494 e. The number of aromatic nitrogens is 4. The Morgan fingerprint density at radius 3 is 2.72 bits per heavy atom. The molecule has 1 aliphatic rings. The summed E-state index contributed by atoms with van der Waals surface area (Å²) in [6, 6.07) is 9.42. The fraction of sp³-hybridized carbons (Fsp3) is 0.310. The average molecular weight is 526 g/mol. The summed E-state index contributed by atoms with van der Waals surface area (Å²) in [5.74, 6) is 4.26. The molecule has 0 unspecified atom stereocenters. The lowest BCUT2D eigenvalue weighted by Crippen LogP contribution is -2.37. The summed E-state index contributed by atoms with van der Waals surface area (Å²) in [4.78, 5) is 23.5. The number of carbonyl (C=O) groups is 1. The number of likely N-dealkylation sites (tertiary alicyclic amines) is 1. The van der Waals surface area contributed by atoms with Crippen LogP contribution in [0.4, 0.5) is 11.6 Å². The number of carbonyl (C=O) groups excluding carboxylic acids is 1. The van der Waals surface area contributed by atoms with Gasteiger partial charge in [-0.2, -0.15) is 5.10 Å². The summed E-state index contributed by atoms with van der Waals surface area (Å²) in [5.41, 5.74) is 3.94. The molecule has 10 nitrogen and oxygen atoms in total. The Labute approximate surface area is 227 Å². The lowest BCUT2D eigenvalue weighted by Gasteiger charge is -2.15. The van der Waals surface area contributed by atoms with Gasteiger partial charge in [-0.15, -0.1) is 6.42 Å². The van der Waals surface area contributed by atoms with Crippen molar-refractivity contribution in [1.29, 1.82) is 0 Å². The zero-order valence-electron chi connectivity index (χ0n) is 22.1. The number of nitrogens with zero attached hydrogens (tertiary/aromatic N) is 5. The van der Waals surface area contributed by atoms with Crippen LogP contribution in [0.3, 0.4) is 0 Å². The quantitative estimate of drug-likeness (QED) is 0.240. The molecule has 39 heavy (non-hydrogen) atoms. The average Bonchev–Trinajstić information content (AvgIpc) is 3.62. The molecular weight excluding hydrogens is 494 g/mol. The number of rotatable bonds is 10. The minimum absolute atomic E-state index is 0.0187. The van der Waals surface area contributed by atoms with E-state index in [1.165, 1.54) is 0 Å². The van der Waals surface area contributed by atoms with E-state index in [2.05, 4.69) is 36.5 Å². The molecule has 0 atom stereocenters. The van der Waals surface area contributed by atoms with Crippen molar-refractivity contribution < 1.29 is 14.3 Å². The smallest absolute Gasteiger partial charge is 0.234 e. The third-order valence-electron chi connectivity index (χ3n) is 6.49. The van der Waals surface area contributed by atoms with Crippen LogP contribution in [0, 0.1) is 12.3 Å². The van der Waals surface area contributed by atoms with Gasteiger partial charge in [-0.05, 0) is 55.8 Å². The highest BCUT2D eigenvalue weighted by molar-refractivity contribution is 5.86. The van der Waals surface area contributed by atoms with Crippen LogP contribution in [0.5, 0.6) is 11.5 Å². The molecule has 0 spiro atoms. The third-order valence-corrected chi connectivity index (χ3v) is 6.49. The lowest BCUT2D eigenvalue weighted by atomic mass is 10.1. The Balaban J connectivity index is 1.33. The van der Waals surface area contributed by atoms with Crippen molar-refractivity contribution in [1.82, 2.24) is 30.0 Å². The van der Waals surface area contributed by atoms with Crippen LogP contribution in [0.15, 0.2) is 48.9 Å². The summed E-state index contributed by atoms with van der Waals surface area (Å²) in [6.07, 6.45) is 13.3. The number of aryl methyl sites for hydroxylation is 1. The molecule has 1 saturated heterocycles. The lowest BCUT2D eigenvalue weighted by molar-refractivity contribution is -0.122. The highest BCUT2D eigenvalue weighted by Crippen LogP contribution is 2.31. The van der Waals surface area contributed by atoms with Crippen LogP contribution in [0.2, 0.25) is 0 Å². The number of amides is 1. The normalized spacial score (nSPS) is 13.3. The Morgan fingerprint density at radius 2 is 1.97 bits per heavy atom. The first-order valence-corrected chi connectivity index (χ1v) is 12.8. The molecule has 2 aromatic heterocycles. The predicted octanol–water partition coefficient (Wildman–Crippen LogP) is 3.35. The molecule has 0 aliphatic carbocycles. The van der Waals surface area contributed by atoms with Crippen molar-refractivity contribution in [3.05, 3.63) is 54.5 Å². The minimum atomic E-state index is 0.0187. The number of fused-ring (bicyclic) bond motifs is 1. The van der Waals surface area contributed by atoms with Crippen molar-refractivity contribution in [2.45, 2.75) is 12.8 Å². The Bertz CT molecular complexity index is 1520. The first-order chi connectivity index (χ1) is 19.0. The summed E-state index contributed by atoms with van der Waals surface area (Å²) >= 11 is 0. The third kappa shape index (κ3) is 6.45. The molecule has 10 heteroatoms. The molecular formula is C29H31N7O3. The van der Waals surface area contributed by atoms with Gasteiger partial charge in [0.25, 0.3) is 0 Å². The molecule has 0 saturated carbocycles. The van der Waals surface area contributed by atoms with Gasteiger partial charge in [0.05, 0.1) is 26.4 Å². The SMILES string of the molecule is C#Cc1cc(OC)c2nc(Nc3cc(OCCNC(=O)CN4CCCC4)cc(-c4cnn(C)c4)c3)ncc2c1. The van der Waals surface area contributed by atoms with Gasteiger partial charge in [-0.3, -0.25) is 14.4 Å².